The molecule has 1 heterocycles. The Labute approximate surface area is 202 Å². The lowest BCUT2D eigenvalue weighted by Gasteiger charge is -2.16. The van der Waals surface area contributed by atoms with Gasteiger partial charge >= 0.3 is 11.9 Å². The number of hydrogen-bond acceptors (Lipinski definition) is 7. The van der Waals surface area contributed by atoms with Crippen molar-refractivity contribution in [1.29, 1.82) is 5.41 Å². The molecule has 182 valence electrons. The minimum absolute atomic E-state index is 0.0593. The van der Waals surface area contributed by atoms with E-state index in [9.17, 15) is 35.0 Å². The van der Waals surface area contributed by atoms with Gasteiger partial charge in [-0.05, 0) is 41.5 Å². The van der Waals surface area contributed by atoms with Gasteiger partial charge in [-0.2, -0.15) is 0 Å². The molecule has 4 aromatic rings. The number of rotatable bonds is 8. The molecule has 12 heteroatoms. The third-order valence-electron chi connectivity index (χ3n) is 5.63. The number of nitrogen functional groups attached to an aromatic ring is 1. The zero-order valence-corrected chi connectivity index (χ0v) is 18.4. The van der Waals surface area contributed by atoms with E-state index in [-0.39, 0.29) is 45.4 Å². The van der Waals surface area contributed by atoms with Gasteiger partial charge in [0, 0.05) is 23.3 Å². The van der Waals surface area contributed by atoms with Crippen LogP contribution in [0.5, 0.6) is 5.75 Å². The van der Waals surface area contributed by atoms with E-state index in [1.165, 1.54) is 36.4 Å². The molecule has 1 atom stereocenters. The van der Waals surface area contributed by atoms with Crippen LogP contribution in [0.3, 0.4) is 0 Å². The van der Waals surface area contributed by atoms with Crippen LogP contribution in [0.15, 0.2) is 54.6 Å². The van der Waals surface area contributed by atoms with E-state index in [0.29, 0.717) is 16.6 Å². The zero-order valence-electron chi connectivity index (χ0n) is 18.4. The van der Waals surface area contributed by atoms with E-state index >= 15 is 0 Å². The third kappa shape index (κ3) is 4.55. The highest BCUT2D eigenvalue weighted by molar-refractivity contribution is 5.98. The van der Waals surface area contributed by atoms with Crippen molar-refractivity contribution in [3.63, 3.8) is 0 Å². The topological polar surface area (TPSA) is 217 Å². The fraction of sp³-hybridized carbons (Fsp3) is 0.0833. The minimum Gasteiger partial charge on any atom is -0.507 e. The Balaban J connectivity index is 1.98. The van der Waals surface area contributed by atoms with Gasteiger partial charge in [-0.15, -0.1) is 0 Å². The van der Waals surface area contributed by atoms with Gasteiger partial charge in [-0.3, -0.25) is 25.1 Å². The van der Waals surface area contributed by atoms with Crippen LogP contribution >= 0.6 is 0 Å². The highest BCUT2D eigenvalue weighted by atomic mass is 16.6. The van der Waals surface area contributed by atoms with Crippen molar-refractivity contribution >= 4 is 34.5 Å². The second-order valence-electron chi connectivity index (χ2n) is 7.99. The Hall–Kier alpha value is -5.26. The first kappa shape index (κ1) is 23.9. The van der Waals surface area contributed by atoms with Gasteiger partial charge in [-0.1, -0.05) is 12.1 Å². The first-order chi connectivity index (χ1) is 17.0. The van der Waals surface area contributed by atoms with Crippen molar-refractivity contribution in [2.45, 2.75) is 12.3 Å². The number of hydrogen-bond donors (Lipinski definition) is 6. The lowest BCUT2D eigenvalue weighted by Crippen LogP contribution is -2.16. The summed E-state index contributed by atoms with van der Waals surface area (Å²) < 4.78 is 0. The van der Waals surface area contributed by atoms with Gasteiger partial charge in [0.1, 0.15) is 17.4 Å². The predicted molar refractivity (Wildman–Crippen MR) is 129 cm³/mol. The Morgan fingerprint density at radius 2 is 1.83 bits per heavy atom. The summed E-state index contributed by atoms with van der Waals surface area (Å²) in [6, 6.07) is 12.8. The van der Waals surface area contributed by atoms with Crippen LogP contribution in [0.2, 0.25) is 0 Å². The molecule has 0 radical (unpaired) electrons. The second-order valence-corrected chi connectivity index (χ2v) is 7.99. The maximum absolute atomic E-state index is 11.9. The van der Waals surface area contributed by atoms with E-state index in [0.717, 1.165) is 0 Å². The minimum atomic E-state index is -1.46. The summed E-state index contributed by atoms with van der Waals surface area (Å²) in [7, 11) is 0. The molecule has 1 unspecified atom stereocenters. The largest absolute Gasteiger partial charge is 0.507 e. The number of phenolic OH excluding ortho intramolecular Hbond substituents is 1. The summed E-state index contributed by atoms with van der Waals surface area (Å²) in [5.41, 5.74) is 7.08. The van der Waals surface area contributed by atoms with Gasteiger partial charge in [0.25, 0.3) is 5.69 Å². The van der Waals surface area contributed by atoms with Crippen LogP contribution in [0.1, 0.15) is 23.5 Å². The number of nitrogens with one attached hydrogen (secondary N) is 2. The van der Waals surface area contributed by atoms with Crippen molar-refractivity contribution in [3.8, 4) is 28.3 Å². The van der Waals surface area contributed by atoms with Crippen molar-refractivity contribution in [1.82, 2.24) is 9.97 Å². The standard InChI is InChI=1S/C24H19N5O7/c25-22(26)12-4-5-18-19(9-12)28-23(27-18)17-8-13(16(24(33)34)10-20(30)31)7-15(21(17)32)11-2-1-3-14(6-11)29(35)36/h1-9,16,32H,10H2,(H3,25,26)(H,27,28)(H,30,31)(H,33,34). The number of aromatic nitrogens is 2. The molecule has 36 heavy (non-hydrogen) atoms. The van der Waals surface area contributed by atoms with Crippen molar-refractivity contribution in [2.24, 2.45) is 5.73 Å². The van der Waals surface area contributed by atoms with Crippen LogP contribution in [0.4, 0.5) is 5.69 Å². The fourth-order valence-corrected chi connectivity index (χ4v) is 3.87. The number of aliphatic carboxylic acids is 2. The average Bonchev–Trinajstić information content (AvgIpc) is 3.25. The van der Waals surface area contributed by atoms with Crippen LogP contribution < -0.4 is 5.73 Å². The fourth-order valence-electron chi connectivity index (χ4n) is 3.87. The molecule has 3 aromatic carbocycles. The summed E-state index contributed by atoms with van der Waals surface area (Å²) in [4.78, 5) is 41.4. The van der Waals surface area contributed by atoms with Gasteiger partial charge in [0.05, 0.1) is 33.9 Å². The first-order valence-corrected chi connectivity index (χ1v) is 10.5. The Bertz CT molecular complexity index is 1560. The molecule has 0 saturated carbocycles. The molecule has 7 N–H and O–H groups in total. The van der Waals surface area contributed by atoms with E-state index in [1.54, 1.807) is 18.2 Å². The lowest BCUT2D eigenvalue weighted by molar-refractivity contribution is -0.384. The number of H-pyrrole nitrogens is 1. The van der Waals surface area contributed by atoms with E-state index in [1.807, 2.05) is 0 Å². The van der Waals surface area contributed by atoms with Gasteiger partial charge < -0.3 is 26.0 Å². The van der Waals surface area contributed by atoms with Crippen LogP contribution in [-0.2, 0) is 9.59 Å². The van der Waals surface area contributed by atoms with Crippen LogP contribution in [0.25, 0.3) is 33.5 Å². The highest BCUT2D eigenvalue weighted by Gasteiger charge is 2.27. The Morgan fingerprint density at radius 3 is 2.47 bits per heavy atom. The van der Waals surface area contributed by atoms with E-state index in [2.05, 4.69) is 9.97 Å². The number of phenols is 1. The molecule has 0 aliphatic rings. The van der Waals surface area contributed by atoms with Crippen molar-refractivity contribution < 1.29 is 29.8 Å². The number of fused-ring (bicyclic) bond motifs is 1. The summed E-state index contributed by atoms with van der Waals surface area (Å²) >= 11 is 0. The van der Waals surface area contributed by atoms with E-state index < -0.39 is 29.2 Å². The number of carboxylic acid groups (broad SMARTS) is 2. The van der Waals surface area contributed by atoms with Crippen LogP contribution in [0, 0.1) is 15.5 Å². The number of nitrogens with two attached hydrogens (primary N) is 1. The van der Waals surface area contributed by atoms with E-state index in [4.69, 9.17) is 11.1 Å². The zero-order chi connectivity index (χ0) is 26.1. The summed E-state index contributed by atoms with van der Waals surface area (Å²) in [6.07, 6.45) is -0.726. The Morgan fingerprint density at radius 1 is 1.11 bits per heavy atom. The number of non-ortho nitro benzene ring substituents is 1. The van der Waals surface area contributed by atoms with Crippen molar-refractivity contribution in [2.75, 3.05) is 0 Å². The smallest absolute Gasteiger partial charge is 0.311 e. The molecule has 0 fully saturated rings. The molecule has 4 rings (SSSR count). The van der Waals surface area contributed by atoms with Gasteiger partial charge in [0.15, 0.2) is 0 Å². The van der Waals surface area contributed by atoms with Gasteiger partial charge in [-0.25, -0.2) is 4.98 Å². The number of amidine groups is 1. The number of aromatic amines is 1. The molecule has 0 bridgehead atoms. The third-order valence-corrected chi connectivity index (χ3v) is 5.63. The van der Waals surface area contributed by atoms with Gasteiger partial charge in [0.2, 0.25) is 0 Å². The average molecular weight is 489 g/mol. The highest BCUT2D eigenvalue weighted by Crippen LogP contribution is 2.41. The monoisotopic (exact) mass is 489 g/mol. The molecular formula is C24H19N5O7. The predicted octanol–water partition coefficient (Wildman–Crippen LogP) is 3.44. The number of carbonyl (C=O) groups is 2. The molecule has 0 spiro atoms. The molecule has 0 amide bonds. The number of aromatic hydroxyl groups is 1. The quantitative estimate of drug-likeness (QED) is 0.0923. The number of nitrogens with zero attached hydrogens (tertiary/aromatic N) is 2. The molecule has 0 saturated heterocycles. The number of imidazole rings is 1. The first-order valence-electron chi connectivity index (χ1n) is 10.5. The lowest BCUT2D eigenvalue weighted by atomic mass is 9.89. The number of carboxylic acids is 2. The van der Waals surface area contributed by atoms with Crippen molar-refractivity contribution in [3.05, 3.63) is 75.8 Å². The summed E-state index contributed by atoms with van der Waals surface area (Å²) in [5.74, 6) is -4.57. The summed E-state index contributed by atoms with van der Waals surface area (Å²) in [5, 5.41) is 49.0. The van der Waals surface area contributed by atoms with Crippen LogP contribution in [-0.4, -0.2) is 48.0 Å². The molecule has 0 aliphatic carbocycles. The maximum atomic E-state index is 11.9. The molecule has 1 aromatic heterocycles. The number of nitro benzene ring substituents is 1. The SMILES string of the molecule is N=C(N)c1ccc2nc(-c3cc(C(CC(=O)O)C(=O)O)cc(-c4cccc([N+](=O)[O-])c4)c3O)[nH]c2c1. The normalized spacial score (nSPS) is 11.8. The molecular weight excluding hydrogens is 470 g/mol. The Kier molecular flexibility index (Phi) is 6.09. The maximum Gasteiger partial charge on any atom is 0.311 e. The number of nitro groups is 1. The number of benzene rings is 3. The second kappa shape index (κ2) is 9.18. The molecule has 12 nitrogen and oxygen atoms in total. The summed E-state index contributed by atoms with van der Waals surface area (Å²) in [6.45, 7) is 0. The molecule has 0 aliphatic heterocycles.